The maximum Gasteiger partial charge on any atom is 0.127 e. The largest absolute Gasteiger partial charge is 0.381 e. The lowest BCUT2D eigenvalue weighted by atomic mass is 9.80. The summed E-state index contributed by atoms with van der Waals surface area (Å²) in [6.07, 6.45) is 5.52. The smallest absolute Gasteiger partial charge is 0.127 e. The Labute approximate surface area is 117 Å². The van der Waals surface area contributed by atoms with Crippen LogP contribution in [0.2, 0.25) is 0 Å². The van der Waals surface area contributed by atoms with Gasteiger partial charge in [-0.3, -0.25) is 0 Å². The third kappa shape index (κ3) is 4.26. The molecule has 0 aromatic carbocycles. The Morgan fingerprint density at radius 3 is 2.42 bits per heavy atom. The first-order valence-electron chi connectivity index (χ1n) is 7.55. The average Bonchev–Trinajstić information content (AvgIpc) is 2.41. The van der Waals surface area contributed by atoms with Crippen molar-refractivity contribution in [3.8, 4) is 0 Å². The van der Waals surface area contributed by atoms with Crippen LogP contribution in [0.25, 0.3) is 0 Å². The van der Waals surface area contributed by atoms with Gasteiger partial charge in [0.2, 0.25) is 0 Å². The fraction of sp³-hybridized carbons (Fsp3) is 0.933. The van der Waals surface area contributed by atoms with Gasteiger partial charge < -0.3 is 19.3 Å². The second-order valence-corrected chi connectivity index (χ2v) is 6.57. The molecular formula is C15H28N2O2. The number of aldehydes is 1. The highest BCUT2D eigenvalue weighted by molar-refractivity contribution is 5.60. The molecule has 4 nitrogen and oxygen atoms in total. The SMILES string of the molecule is CN(C)CC1CCN(CC2(C=O)CCOCC2)CC1. The van der Waals surface area contributed by atoms with Crippen LogP contribution in [0.15, 0.2) is 0 Å². The van der Waals surface area contributed by atoms with Crippen LogP contribution in [-0.2, 0) is 9.53 Å². The number of carbonyl (C=O) groups excluding carboxylic acids is 1. The Bertz CT molecular complexity index is 280. The summed E-state index contributed by atoms with van der Waals surface area (Å²) < 4.78 is 5.39. The van der Waals surface area contributed by atoms with Gasteiger partial charge in [0.25, 0.3) is 0 Å². The minimum atomic E-state index is -0.132. The van der Waals surface area contributed by atoms with Crippen molar-refractivity contribution >= 4 is 6.29 Å². The van der Waals surface area contributed by atoms with E-state index in [0.29, 0.717) is 0 Å². The Kier molecular flexibility index (Phi) is 5.37. The second-order valence-electron chi connectivity index (χ2n) is 6.57. The van der Waals surface area contributed by atoms with Crippen molar-refractivity contribution in [3.63, 3.8) is 0 Å². The molecule has 2 heterocycles. The quantitative estimate of drug-likeness (QED) is 0.703. The lowest BCUT2D eigenvalue weighted by Gasteiger charge is -2.40. The molecule has 0 N–H and O–H groups in total. The van der Waals surface area contributed by atoms with Crippen LogP contribution in [0.1, 0.15) is 25.7 Å². The highest BCUT2D eigenvalue weighted by atomic mass is 16.5. The van der Waals surface area contributed by atoms with Gasteiger partial charge in [-0.15, -0.1) is 0 Å². The molecule has 0 spiro atoms. The lowest BCUT2D eigenvalue weighted by molar-refractivity contribution is -0.123. The molecule has 110 valence electrons. The molecule has 0 radical (unpaired) electrons. The normalized spacial score (nSPS) is 25.6. The number of rotatable bonds is 5. The maximum absolute atomic E-state index is 11.5. The van der Waals surface area contributed by atoms with Crippen LogP contribution in [-0.4, -0.2) is 69.6 Å². The van der Waals surface area contributed by atoms with E-state index in [4.69, 9.17) is 4.74 Å². The van der Waals surface area contributed by atoms with Crippen molar-refractivity contribution in [3.05, 3.63) is 0 Å². The zero-order valence-electron chi connectivity index (χ0n) is 12.4. The molecule has 0 atom stereocenters. The maximum atomic E-state index is 11.5. The number of nitrogens with zero attached hydrogens (tertiary/aromatic N) is 2. The lowest BCUT2D eigenvalue weighted by Crippen LogP contribution is -2.46. The third-order valence-electron chi connectivity index (χ3n) is 4.61. The molecule has 19 heavy (non-hydrogen) atoms. The van der Waals surface area contributed by atoms with Crippen LogP contribution in [0.5, 0.6) is 0 Å². The molecule has 0 aromatic heterocycles. The summed E-state index contributed by atoms with van der Waals surface area (Å²) in [5, 5.41) is 0. The summed E-state index contributed by atoms with van der Waals surface area (Å²) in [4.78, 5) is 16.3. The fourth-order valence-electron chi connectivity index (χ4n) is 3.38. The standard InChI is InChI=1S/C15H28N2O2/c1-16(2)11-14-3-7-17(8-4-14)12-15(13-18)5-9-19-10-6-15/h13-14H,3-12H2,1-2H3. The zero-order chi connectivity index (χ0) is 13.7. The zero-order valence-corrected chi connectivity index (χ0v) is 12.4. The minimum Gasteiger partial charge on any atom is -0.381 e. The van der Waals surface area contributed by atoms with Gasteiger partial charge in [-0.2, -0.15) is 0 Å². The molecule has 2 aliphatic rings. The van der Waals surface area contributed by atoms with Gasteiger partial charge in [-0.1, -0.05) is 0 Å². The molecule has 0 amide bonds. The Morgan fingerprint density at radius 1 is 1.26 bits per heavy atom. The topological polar surface area (TPSA) is 32.8 Å². The number of hydrogen-bond donors (Lipinski definition) is 0. The first-order chi connectivity index (χ1) is 9.13. The van der Waals surface area contributed by atoms with Crippen LogP contribution in [0, 0.1) is 11.3 Å². The minimum absolute atomic E-state index is 0.132. The number of carbonyl (C=O) groups is 1. The van der Waals surface area contributed by atoms with E-state index in [2.05, 4.69) is 23.9 Å². The van der Waals surface area contributed by atoms with Gasteiger partial charge in [0.1, 0.15) is 6.29 Å². The summed E-state index contributed by atoms with van der Waals surface area (Å²) >= 11 is 0. The summed E-state index contributed by atoms with van der Waals surface area (Å²) in [5.74, 6) is 0.827. The number of piperidine rings is 1. The predicted octanol–water partition coefficient (Wildman–Crippen LogP) is 1.26. The number of likely N-dealkylation sites (tertiary alicyclic amines) is 1. The molecule has 2 rings (SSSR count). The van der Waals surface area contributed by atoms with E-state index in [1.165, 1.54) is 25.7 Å². The third-order valence-corrected chi connectivity index (χ3v) is 4.61. The number of hydrogen-bond acceptors (Lipinski definition) is 4. The molecule has 2 aliphatic heterocycles. The van der Waals surface area contributed by atoms with Gasteiger partial charge in [0.15, 0.2) is 0 Å². The average molecular weight is 268 g/mol. The van der Waals surface area contributed by atoms with Crippen molar-refractivity contribution in [2.24, 2.45) is 11.3 Å². The summed E-state index contributed by atoms with van der Waals surface area (Å²) in [6, 6.07) is 0. The van der Waals surface area contributed by atoms with Crippen LogP contribution in [0.4, 0.5) is 0 Å². The highest BCUT2D eigenvalue weighted by Gasteiger charge is 2.35. The molecule has 2 fully saturated rings. The van der Waals surface area contributed by atoms with Crippen molar-refractivity contribution in [2.45, 2.75) is 25.7 Å². The van der Waals surface area contributed by atoms with Crippen molar-refractivity contribution in [1.29, 1.82) is 0 Å². The summed E-state index contributed by atoms with van der Waals surface area (Å²) in [5.41, 5.74) is -0.132. The van der Waals surface area contributed by atoms with Gasteiger partial charge in [0, 0.05) is 31.7 Å². The van der Waals surface area contributed by atoms with E-state index >= 15 is 0 Å². The molecular weight excluding hydrogens is 240 g/mol. The molecule has 0 aliphatic carbocycles. The van der Waals surface area contributed by atoms with Crippen LogP contribution < -0.4 is 0 Å². The van der Waals surface area contributed by atoms with Crippen LogP contribution in [0.3, 0.4) is 0 Å². The van der Waals surface area contributed by atoms with E-state index in [1.54, 1.807) is 0 Å². The summed E-state index contributed by atoms with van der Waals surface area (Å²) in [6.45, 7) is 5.92. The van der Waals surface area contributed by atoms with Crippen molar-refractivity contribution in [2.75, 3.05) is 53.5 Å². The van der Waals surface area contributed by atoms with E-state index in [0.717, 1.165) is 51.6 Å². The molecule has 2 saturated heterocycles. The molecule has 0 unspecified atom stereocenters. The monoisotopic (exact) mass is 268 g/mol. The van der Waals surface area contributed by atoms with E-state index in [9.17, 15) is 4.79 Å². The molecule has 0 saturated carbocycles. The van der Waals surface area contributed by atoms with E-state index in [1.807, 2.05) is 0 Å². The van der Waals surface area contributed by atoms with E-state index in [-0.39, 0.29) is 5.41 Å². The Balaban J connectivity index is 1.79. The van der Waals surface area contributed by atoms with Gasteiger partial charge in [-0.25, -0.2) is 0 Å². The molecule has 4 heteroatoms. The number of ether oxygens (including phenoxy) is 1. The first-order valence-corrected chi connectivity index (χ1v) is 7.55. The van der Waals surface area contributed by atoms with E-state index < -0.39 is 0 Å². The summed E-state index contributed by atoms with van der Waals surface area (Å²) in [7, 11) is 4.30. The Morgan fingerprint density at radius 2 is 1.89 bits per heavy atom. The van der Waals surface area contributed by atoms with Gasteiger partial charge in [0.05, 0.1) is 0 Å². The Hall–Kier alpha value is -0.450. The second kappa shape index (κ2) is 6.82. The van der Waals surface area contributed by atoms with Gasteiger partial charge in [-0.05, 0) is 58.8 Å². The first kappa shape index (κ1) is 14.9. The van der Waals surface area contributed by atoms with Crippen molar-refractivity contribution < 1.29 is 9.53 Å². The van der Waals surface area contributed by atoms with Crippen LogP contribution >= 0.6 is 0 Å². The molecule has 0 aromatic rings. The predicted molar refractivity (Wildman–Crippen MR) is 76.3 cm³/mol. The molecule has 0 bridgehead atoms. The fourth-order valence-corrected chi connectivity index (χ4v) is 3.38. The van der Waals surface area contributed by atoms with Crippen molar-refractivity contribution in [1.82, 2.24) is 9.80 Å². The van der Waals surface area contributed by atoms with Gasteiger partial charge >= 0.3 is 0 Å². The highest BCUT2D eigenvalue weighted by Crippen LogP contribution is 2.30.